The predicted molar refractivity (Wildman–Crippen MR) is 143 cm³/mol. The normalized spacial score (nSPS) is 11.4. The number of anilines is 5. The SMILES string of the molecule is C=C/C=C(\C=C/C)N(c1ccccc1)c1ccc(N(c2ccccc2)c2ccccc2)cc1. The summed E-state index contributed by atoms with van der Waals surface area (Å²) in [6.45, 7) is 5.94. The Morgan fingerprint density at radius 2 is 0.970 bits per heavy atom. The zero-order valence-electron chi connectivity index (χ0n) is 18.9. The molecule has 0 aliphatic carbocycles. The lowest BCUT2D eigenvalue weighted by atomic mass is 10.1. The molecular weight excluding hydrogens is 400 g/mol. The molecule has 0 unspecified atom stereocenters. The van der Waals surface area contributed by atoms with Crippen LogP contribution in [0.2, 0.25) is 0 Å². The van der Waals surface area contributed by atoms with Gasteiger partial charge in [0.15, 0.2) is 0 Å². The first-order valence-corrected chi connectivity index (χ1v) is 11.1. The number of benzene rings is 4. The van der Waals surface area contributed by atoms with E-state index >= 15 is 0 Å². The number of rotatable bonds is 8. The molecule has 162 valence electrons. The van der Waals surface area contributed by atoms with Crippen LogP contribution in [0.5, 0.6) is 0 Å². The lowest BCUT2D eigenvalue weighted by molar-refractivity contribution is 1.20. The van der Waals surface area contributed by atoms with Crippen molar-refractivity contribution in [3.05, 3.63) is 152 Å². The number of allylic oxidation sites excluding steroid dienone is 4. The molecule has 33 heavy (non-hydrogen) atoms. The second kappa shape index (κ2) is 10.8. The van der Waals surface area contributed by atoms with Gasteiger partial charge in [0.2, 0.25) is 0 Å². The Bertz CT molecular complexity index is 1170. The topological polar surface area (TPSA) is 6.48 Å². The van der Waals surface area contributed by atoms with Crippen LogP contribution in [-0.4, -0.2) is 0 Å². The molecule has 0 radical (unpaired) electrons. The van der Waals surface area contributed by atoms with Crippen LogP contribution in [0.3, 0.4) is 0 Å². The van der Waals surface area contributed by atoms with E-state index in [1.165, 1.54) is 0 Å². The summed E-state index contributed by atoms with van der Waals surface area (Å²) >= 11 is 0. The van der Waals surface area contributed by atoms with Crippen molar-refractivity contribution in [1.82, 2.24) is 0 Å². The van der Waals surface area contributed by atoms with Gasteiger partial charge >= 0.3 is 0 Å². The molecule has 0 amide bonds. The highest BCUT2D eigenvalue weighted by molar-refractivity contribution is 5.79. The number of hydrogen-bond donors (Lipinski definition) is 0. The Balaban J connectivity index is 1.78. The third-order valence-electron chi connectivity index (χ3n) is 5.29. The molecule has 2 heteroatoms. The van der Waals surface area contributed by atoms with Crippen LogP contribution < -0.4 is 9.80 Å². The lowest BCUT2D eigenvalue weighted by Crippen LogP contribution is -2.15. The zero-order chi connectivity index (χ0) is 22.9. The van der Waals surface area contributed by atoms with E-state index < -0.39 is 0 Å². The minimum atomic E-state index is 1.05. The second-order valence-corrected chi connectivity index (χ2v) is 7.52. The van der Waals surface area contributed by atoms with Gasteiger partial charge in [0.1, 0.15) is 0 Å². The first kappa shape index (κ1) is 21.9. The van der Waals surface area contributed by atoms with Crippen molar-refractivity contribution in [3.63, 3.8) is 0 Å². The summed E-state index contributed by atoms with van der Waals surface area (Å²) in [6, 6.07) is 40.0. The molecule has 0 aliphatic heterocycles. The van der Waals surface area contributed by atoms with Crippen LogP contribution in [0, 0.1) is 0 Å². The third-order valence-corrected chi connectivity index (χ3v) is 5.29. The molecule has 4 rings (SSSR count). The molecule has 0 atom stereocenters. The van der Waals surface area contributed by atoms with E-state index in [-0.39, 0.29) is 0 Å². The molecule has 0 saturated heterocycles. The molecule has 0 N–H and O–H groups in total. The second-order valence-electron chi connectivity index (χ2n) is 7.52. The van der Waals surface area contributed by atoms with Gasteiger partial charge in [0, 0.05) is 34.1 Å². The molecule has 0 spiro atoms. The summed E-state index contributed by atoms with van der Waals surface area (Å²) in [4.78, 5) is 4.50. The van der Waals surface area contributed by atoms with Crippen molar-refractivity contribution in [2.75, 3.05) is 9.80 Å². The molecule has 2 nitrogen and oxygen atoms in total. The van der Waals surface area contributed by atoms with Crippen molar-refractivity contribution in [3.8, 4) is 0 Å². The Morgan fingerprint density at radius 3 is 1.42 bits per heavy atom. The van der Waals surface area contributed by atoms with Crippen LogP contribution in [0.15, 0.2) is 152 Å². The van der Waals surface area contributed by atoms with Gasteiger partial charge in [0.05, 0.1) is 0 Å². The lowest BCUT2D eigenvalue weighted by Gasteiger charge is -2.28. The van der Waals surface area contributed by atoms with Gasteiger partial charge < -0.3 is 9.80 Å². The molecule has 4 aromatic carbocycles. The standard InChI is InChI=1S/C31H28N2/c1-3-14-26(15-4-2)32(27-16-8-5-9-17-27)30-22-24-31(25-23-30)33(28-18-10-6-11-19-28)29-20-12-7-13-21-29/h3-25H,1H2,2H3/b15-4-,26-14+. The first-order valence-electron chi connectivity index (χ1n) is 11.1. The maximum Gasteiger partial charge on any atom is 0.0463 e. The molecular formula is C31H28N2. The first-order chi connectivity index (χ1) is 16.3. The molecule has 0 aliphatic rings. The van der Waals surface area contributed by atoms with E-state index in [0.717, 1.165) is 34.1 Å². The Kier molecular flexibility index (Phi) is 7.19. The highest BCUT2D eigenvalue weighted by atomic mass is 15.2. The van der Waals surface area contributed by atoms with E-state index in [9.17, 15) is 0 Å². The van der Waals surface area contributed by atoms with Crippen molar-refractivity contribution >= 4 is 28.4 Å². The van der Waals surface area contributed by atoms with Gasteiger partial charge in [-0.2, -0.15) is 0 Å². The van der Waals surface area contributed by atoms with Gasteiger partial charge in [-0.25, -0.2) is 0 Å². The van der Waals surface area contributed by atoms with E-state index in [4.69, 9.17) is 0 Å². The fourth-order valence-electron chi connectivity index (χ4n) is 3.87. The summed E-state index contributed by atoms with van der Waals surface area (Å²) < 4.78 is 0. The van der Waals surface area contributed by atoms with Gasteiger partial charge in [0.25, 0.3) is 0 Å². The van der Waals surface area contributed by atoms with Crippen LogP contribution in [0.1, 0.15) is 6.92 Å². The molecule has 0 heterocycles. The van der Waals surface area contributed by atoms with Gasteiger partial charge in [-0.3, -0.25) is 0 Å². The van der Waals surface area contributed by atoms with E-state index in [2.05, 4.69) is 120 Å². The fraction of sp³-hybridized carbons (Fsp3) is 0.0323. The summed E-state index contributed by atoms with van der Waals surface area (Å²) in [5, 5.41) is 0. The van der Waals surface area contributed by atoms with E-state index in [1.807, 2.05) is 43.4 Å². The van der Waals surface area contributed by atoms with Gasteiger partial charge in [-0.05, 0) is 79.7 Å². The Morgan fingerprint density at radius 1 is 0.576 bits per heavy atom. The molecule has 4 aromatic rings. The monoisotopic (exact) mass is 428 g/mol. The Labute approximate surface area is 197 Å². The van der Waals surface area contributed by atoms with Crippen molar-refractivity contribution in [1.29, 1.82) is 0 Å². The van der Waals surface area contributed by atoms with Crippen molar-refractivity contribution < 1.29 is 0 Å². The van der Waals surface area contributed by atoms with Crippen LogP contribution in [0.4, 0.5) is 28.4 Å². The zero-order valence-corrected chi connectivity index (χ0v) is 18.9. The number of hydrogen-bond acceptors (Lipinski definition) is 2. The van der Waals surface area contributed by atoms with Gasteiger partial charge in [-0.15, -0.1) is 0 Å². The quantitative estimate of drug-likeness (QED) is 0.258. The molecule has 0 saturated carbocycles. The largest absolute Gasteiger partial charge is 0.311 e. The fourth-order valence-corrected chi connectivity index (χ4v) is 3.87. The summed E-state index contributed by atoms with van der Waals surface area (Å²) in [5.41, 5.74) is 6.57. The number of nitrogens with zero attached hydrogens (tertiary/aromatic N) is 2. The highest BCUT2D eigenvalue weighted by Crippen LogP contribution is 2.37. The number of para-hydroxylation sites is 3. The third kappa shape index (κ3) is 5.13. The average molecular weight is 429 g/mol. The molecule has 0 fully saturated rings. The van der Waals surface area contributed by atoms with Crippen LogP contribution in [0.25, 0.3) is 0 Å². The minimum Gasteiger partial charge on any atom is -0.311 e. The van der Waals surface area contributed by atoms with E-state index in [0.29, 0.717) is 0 Å². The van der Waals surface area contributed by atoms with E-state index in [1.54, 1.807) is 0 Å². The highest BCUT2D eigenvalue weighted by Gasteiger charge is 2.15. The summed E-state index contributed by atoms with van der Waals surface area (Å²) in [5.74, 6) is 0. The van der Waals surface area contributed by atoms with Crippen molar-refractivity contribution in [2.24, 2.45) is 0 Å². The maximum absolute atomic E-state index is 3.91. The molecule has 0 bridgehead atoms. The van der Waals surface area contributed by atoms with Crippen LogP contribution >= 0.6 is 0 Å². The van der Waals surface area contributed by atoms with Crippen LogP contribution in [-0.2, 0) is 0 Å². The smallest absolute Gasteiger partial charge is 0.0463 e. The Hall–Kier alpha value is -4.30. The predicted octanol–water partition coefficient (Wildman–Crippen LogP) is 8.94. The summed E-state index contributed by atoms with van der Waals surface area (Å²) in [6.07, 6.45) is 8.00. The summed E-state index contributed by atoms with van der Waals surface area (Å²) in [7, 11) is 0. The minimum absolute atomic E-state index is 1.05. The van der Waals surface area contributed by atoms with Crippen molar-refractivity contribution in [2.45, 2.75) is 6.92 Å². The maximum atomic E-state index is 3.91. The molecule has 0 aromatic heterocycles. The van der Waals surface area contributed by atoms with Gasteiger partial charge in [-0.1, -0.05) is 73.3 Å². The average Bonchev–Trinajstić information content (AvgIpc) is 2.88.